The highest BCUT2D eigenvalue weighted by Crippen LogP contribution is 2.23. The number of hydrogen-bond acceptors (Lipinski definition) is 6. The normalized spacial score (nSPS) is 11.1. The van der Waals surface area contributed by atoms with Gasteiger partial charge < -0.3 is 10.6 Å². The van der Waals surface area contributed by atoms with E-state index in [9.17, 15) is 12.8 Å². The van der Waals surface area contributed by atoms with E-state index >= 15 is 0 Å². The van der Waals surface area contributed by atoms with Crippen molar-refractivity contribution in [3.63, 3.8) is 0 Å². The topological polar surface area (TPSA) is 96.0 Å². The summed E-state index contributed by atoms with van der Waals surface area (Å²) in [6.45, 7) is 3.89. The highest BCUT2D eigenvalue weighted by molar-refractivity contribution is 7.92. The van der Waals surface area contributed by atoms with Crippen LogP contribution in [-0.2, 0) is 10.0 Å². The van der Waals surface area contributed by atoms with Crippen LogP contribution in [0.4, 0.5) is 33.2 Å². The van der Waals surface area contributed by atoms with E-state index in [1.165, 1.54) is 23.8 Å². The molecular weight excluding hydrogens is 441 g/mol. The van der Waals surface area contributed by atoms with Crippen LogP contribution in [0.5, 0.6) is 0 Å². The van der Waals surface area contributed by atoms with Crippen molar-refractivity contribution in [3.05, 3.63) is 95.9 Å². The van der Waals surface area contributed by atoms with Gasteiger partial charge in [0.2, 0.25) is 5.95 Å². The van der Waals surface area contributed by atoms with Crippen molar-refractivity contribution >= 4 is 38.9 Å². The van der Waals surface area contributed by atoms with Crippen molar-refractivity contribution in [2.24, 2.45) is 0 Å². The van der Waals surface area contributed by atoms with E-state index in [-0.39, 0.29) is 0 Å². The molecule has 4 rings (SSSR count). The third-order valence-electron chi connectivity index (χ3n) is 4.70. The Balaban J connectivity index is 1.47. The lowest BCUT2D eigenvalue weighted by Gasteiger charge is -2.12. The van der Waals surface area contributed by atoms with Crippen LogP contribution >= 0.6 is 0 Å². The molecule has 4 aromatic rings. The lowest BCUT2D eigenvalue weighted by Crippen LogP contribution is -2.14. The van der Waals surface area contributed by atoms with Gasteiger partial charge in [0.25, 0.3) is 10.0 Å². The van der Waals surface area contributed by atoms with E-state index in [2.05, 4.69) is 25.3 Å². The Bertz CT molecular complexity index is 1380. The molecule has 3 aromatic carbocycles. The first-order valence-electron chi connectivity index (χ1n) is 10.1. The average molecular weight is 464 g/mol. The number of hydrogen-bond donors (Lipinski definition) is 3. The maximum absolute atomic E-state index is 13.9. The summed E-state index contributed by atoms with van der Waals surface area (Å²) < 4.78 is 41.1. The third kappa shape index (κ3) is 5.64. The Morgan fingerprint density at radius 3 is 2.06 bits per heavy atom. The number of anilines is 5. The highest BCUT2D eigenvalue weighted by Gasteiger charge is 2.18. The van der Waals surface area contributed by atoms with Crippen LogP contribution in [0.3, 0.4) is 0 Å². The summed E-state index contributed by atoms with van der Waals surface area (Å²) in [5, 5.41) is 6.37. The third-order valence-corrected chi connectivity index (χ3v) is 6.11. The van der Waals surface area contributed by atoms with Crippen LogP contribution in [0, 0.1) is 19.7 Å². The fourth-order valence-electron chi connectivity index (χ4n) is 3.10. The van der Waals surface area contributed by atoms with Crippen LogP contribution < -0.4 is 15.4 Å². The molecule has 0 bridgehead atoms. The lowest BCUT2D eigenvalue weighted by atomic mass is 10.2. The van der Waals surface area contributed by atoms with E-state index in [1.807, 2.05) is 44.2 Å². The summed E-state index contributed by atoms with van der Waals surface area (Å²) in [5.74, 6) is 0.224. The van der Waals surface area contributed by atoms with Gasteiger partial charge in [-0.3, -0.25) is 4.72 Å². The molecule has 0 aliphatic rings. The second-order valence-corrected chi connectivity index (χ2v) is 9.10. The number of aromatic nitrogens is 2. The number of nitrogens with zero attached hydrogens (tertiary/aromatic N) is 2. The van der Waals surface area contributed by atoms with E-state index in [4.69, 9.17) is 0 Å². The van der Waals surface area contributed by atoms with Gasteiger partial charge in [0.15, 0.2) is 0 Å². The molecule has 0 aliphatic heterocycles. The molecule has 168 valence electrons. The van der Waals surface area contributed by atoms with Gasteiger partial charge in [0, 0.05) is 28.8 Å². The van der Waals surface area contributed by atoms with Crippen molar-refractivity contribution in [1.29, 1.82) is 0 Å². The quantitative estimate of drug-likeness (QED) is 0.334. The second kappa shape index (κ2) is 9.25. The van der Waals surface area contributed by atoms with Gasteiger partial charge in [-0.05, 0) is 62.4 Å². The molecule has 0 amide bonds. The van der Waals surface area contributed by atoms with Gasteiger partial charge in [-0.1, -0.05) is 29.8 Å². The molecule has 0 unspecified atom stereocenters. The molecule has 1 aromatic heterocycles. The van der Waals surface area contributed by atoms with Crippen LogP contribution in [0.15, 0.2) is 83.8 Å². The van der Waals surface area contributed by atoms with Crippen LogP contribution in [0.25, 0.3) is 0 Å². The number of rotatable bonds is 7. The minimum Gasteiger partial charge on any atom is -0.340 e. The fraction of sp³-hybridized carbons (Fsp3) is 0.0833. The standard InChI is InChI=1S/C24H22FN5O2S/c1-16-7-9-18(10-8-16)27-23-15-17(2)26-24(29-23)28-19-11-13-20(14-12-19)30-33(31,32)22-6-4-3-5-21(22)25/h3-15,30H,1-2H3,(H2,26,27,28,29). The monoisotopic (exact) mass is 463 g/mol. The molecule has 33 heavy (non-hydrogen) atoms. The van der Waals surface area contributed by atoms with Gasteiger partial charge in [-0.2, -0.15) is 4.98 Å². The molecule has 0 saturated heterocycles. The summed E-state index contributed by atoms with van der Waals surface area (Å²) in [7, 11) is -4.04. The zero-order valence-corrected chi connectivity index (χ0v) is 18.8. The van der Waals surface area contributed by atoms with Crippen LogP contribution in [0.2, 0.25) is 0 Å². The van der Waals surface area contributed by atoms with Gasteiger partial charge in [0.05, 0.1) is 0 Å². The zero-order chi connectivity index (χ0) is 23.4. The maximum Gasteiger partial charge on any atom is 0.264 e. The summed E-state index contributed by atoms with van der Waals surface area (Å²) in [6, 6.07) is 21.5. The minimum atomic E-state index is -4.04. The molecule has 0 fully saturated rings. The van der Waals surface area contributed by atoms with E-state index in [1.54, 1.807) is 24.3 Å². The molecule has 0 atom stereocenters. The average Bonchev–Trinajstić information content (AvgIpc) is 2.76. The largest absolute Gasteiger partial charge is 0.340 e. The first-order chi connectivity index (χ1) is 15.8. The predicted molar refractivity (Wildman–Crippen MR) is 128 cm³/mol. The molecule has 3 N–H and O–H groups in total. The first-order valence-corrected chi connectivity index (χ1v) is 11.6. The number of aryl methyl sites for hydroxylation is 2. The van der Waals surface area contributed by atoms with Crippen molar-refractivity contribution in [3.8, 4) is 0 Å². The van der Waals surface area contributed by atoms with Crippen LogP contribution in [-0.4, -0.2) is 18.4 Å². The van der Waals surface area contributed by atoms with Gasteiger partial charge in [0.1, 0.15) is 16.5 Å². The summed E-state index contributed by atoms with van der Waals surface area (Å²) in [6.07, 6.45) is 0. The Morgan fingerprint density at radius 2 is 1.36 bits per heavy atom. The Hall–Kier alpha value is -3.98. The molecule has 1 heterocycles. The van der Waals surface area contributed by atoms with E-state index in [0.717, 1.165) is 17.4 Å². The van der Waals surface area contributed by atoms with Crippen molar-refractivity contribution < 1.29 is 12.8 Å². The van der Waals surface area contributed by atoms with Crippen molar-refractivity contribution in [1.82, 2.24) is 9.97 Å². The second-order valence-electron chi connectivity index (χ2n) is 7.45. The number of nitrogens with one attached hydrogen (secondary N) is 3. The van der Waals surface area contributed by atoms with Crippen molar-refractivity contribution in [2.45, 2.75) is 18.7 Å². The van der Waals surface area contributed by atoms with Crippen molar-refractivity contribution in [2.75, 3.05) is 15.4 Å². The summed E-state index contributed by atoms with van der Waals surface area (Å²) >= 11 is 0. The van der Waals surface area contributed by atoms with E-state index in [0.29, 0.717) is 23.1 Å². The summed E-state index contributed by atoms with van der Waals surface area (Å²) in [4.78, 5) is 8.48. The molecule has 9 heteroatoms. The number of sulfonamides is 1. The Labute approximate surface area is 191 Å². The van der Waals surface area contributed by atoms with Gasteiger partial charge >= 0.3 is 0 Å². The van der Waals surface area contributed by atoms with Gasteiger partial charge in [-0.25, -0.2) is 17.8 Å². The predicted octanol–water partition coefficient (Wildman–Crippen LogP) is 5.52. The number of halogens is 1. The Morgan fingerprint density at radius 1 is 0.758 bits per heavy atom. The molecule has 0 radical (unpaired) electrons. The Kier molecular flexibility index (Phi) is 6.23. The highest BCUT2D eigenvalue weighted by atomic mass is 32.2. The SMILES string of the molecule is Cc1ccc(Nc2cc(C)nc(Nc3ccc(NS(=O)(=O)c4ccccc4F)cc3)n2)cc1. The van der Waals surface area contributed by atoms with Crippen LogP contribution in [0.1, 0.15) is 11.3 Å². The summed E-state index contributed by atoms with van der Waals surface area (Å²) in [5.41, 5.74) is 3.82. The fourth-order valence-corrected chi connectivity index (χ4v) is 4.24. The molecule has 0 saturated carbocycles. The smallest absolute Gasteiger partial charge is 0.264 e. The molecular formula is C24H22FN5O2S. The first kappa shape index (κ1) is 22.2. The zero-order valence-electron chi connectivity index (χ0n) is 18.0. The minimum absolute atomic E-state index is 0.302. The maximum atomic E-state index is 13.9. The van der Waals surface area contributed by atoms with Gasteiger partial charge in [-0.15, -0.1) is 0 Å². The molecule has 0 aliphatic carbocycles. The molecule has 7 nitrogen and oxygen atoms in total. The number of benzene rings is 3. The lowest BCUT2D eigenvalue weighted by molar-refractivity contribution is 0.570. The molecule has 0 spiro atoms. The van der Waals surface area contributed by atoms with E-state index < -0.39 is 20.7 Å².